The second-order valence-electron chi connectivity index (χ2n) is 11.9. The summed E-state index contributed by atoms with van der Waals surface area (Å²) in [7, 11) is -2.93. The molecule has 0 aromatic heterocycles. The summed E-state index contributed by atoms with van der Waals surface area (Å²) in [5.74, 6) is -0.0804. The molecular formula is C29H54N3O9P. The van der Waals surface area contributed by atoms with E-state index in [1.54, 1.807) is 16.9 Å². The van der Waals surface area contributed by atoms with Crippen molar-refractivity contribution in [1.82, 2.24) is 15.1 Å². The Hall–Kier alpha value is -1.40. The second-order valence-corrected chi connectivity index (χ2v) is 13.4. The number of nitrogens with zero attached hydrogens (tertiary/aromatic N) is 2. The summed E-state index contributed by atoms with van der Waals surface area (Å²) in [5.41, 5.74) is 0. The molecule has 0 aliphatic carbocycles. The maximum atomic E-state index is 13.4. The first-order valence-corrected chi connectivity index (χ1v) is 16.9. The van der Waals surface area contributed by atoms with Gasteiger partial charge in [0.05, 0.1) is 37.5 Å². The Bertz CT molecular complexity index is 923. The number of methoxy groups -OCH3 is 1. The van der Waals surface area contributed by atoms with Gasteiger partial charge in [0.15, 0.2) is 0 Å². The highest BCUT2D eigenvalue weighted by Gasteiger charge is 2.43. The summed E-state index contributed by atoms with van der Waals surface area (Å²) in [6, 6.07) is -0.715. The Morgan fingerprint density at radius 1 is 1.02 bits per heavy atom. The lowest BCUT2D eigenvalue weighted by molar-refractivity contribution is -0.138. The monoisotopic (exact) mass is 619 g/mol. The highest BCUT2D eigenvalue weighted by Crippen LogP contribution is 2.47. The zero-order valence-corrected chi connectivity index (χ0v) is 27.5. The number of phosphoric ester groups is 1. The number of phosphoric acid groups is 1. The molecule has 2 amide bonds. The third-order valence-electron chi connectivity index (χ3n) is 8.36. The van der Waals surface area contributed by atoms with Gasteiger partial charge < -0.3 is 34.3 Å². The van der Waals surface area contributed by atoms with Gasteiger partial charge in [-0.05, 0) is 58.0 Å². The molecule has 42 heavy (non-hydrogen) atoms. The zero-order valence-electron chi connectivity index (χ0n) is 26.6. The number of nitrogens with one attached hydrogen (secondary N) is 1. The van der Waals surface area contributed by atoms with Gasteiger partial charge >= 0.3 is 7.82 Å². The molecule has 2 aliphatic heterocycles. The van der Waals surface area contributed by atoms with Gasteiger partial charge in [0, 0.05) is 45.6 Å². The van der Waals surface area contributed by atoms with Crippen molar-refractivity contribution < 1.29 is 42.4 Å². The van der Waals surface area contributed by atoms with E-state index >= 15 is 0 Å². The summed E-state index contributed by atoms with van der Waals surface area (Å²) < 4.78 is 35.1. The number of hydrogen-bond donors (Lipinski definition) is 2. The Morgan fingerprint density at radius 2 is 1.67 bits per heavy atom. The normalized spacial score (nSPS) is 26.2. The fourth-order valence-corrected chi connectivity index (χ4v) is 6.65. The quantitative estimate of drug-likeness (QED) is 0.207. The average Bonchev–Trinajstić information content (AvgIpc) is 3.54. The van der Waals surface area contributed by atoms with Crippen LogP contribution in [0.4, 0.5) is 0 Å². The number of amides is 2. The summed E-state index contributed by atoms with van der Waals surface area (Å²) in [6.45, 7) is 14.0. The highest BCUT2D eigenvalue weighted by atomic mass is 31.2. The van der Waals surface area contributed by atoms with Crippen molar-refractivity contribution in [2.75, 3.05) is 53.1 Å². The minimum Gasteiger partial charge on any atom is -0.380 e. The minimum absolute atomic E-state index is 0.0340. The van der Waals surface area contributed by atoms with Crippen LogP contribution in [0.2, 0.25) is 0 Å². The van der Waals surface area contributed by atoms with Crippen LogP contribution < -0.4 is 5.32 Å². The van der Waals surface area contributed by atoms with E-state index in [-0.39, 0.29) is 67.1 Å². The van der Waals surface area contributed by atoms with Gasteiger partial charge in [-0.1, -0.05) is 27.7 Å². The van der Waals surface area contributed by atoms with Gasteiger partial charge in [-0.2, -0.15) is 0 Å². The number of carbonyl (C=O) groups is 3. The molecule has 2 saturated heterocycles. The Labute approximate surface area is 251 Å². The van der Waals surface area contributed by atoms with Crippen LogP contribution in [0.1, 0.15) is 73.6 Å². The van der Waals surface area contributed by atoms with Crippen LogP contribution in [0.3, 0.4) is 0 Å². The first-order valence-electron chi connectivity index (χ1n) is 15.4. The van der Waals surface area contributed by atoms with Crippen LogP contribution in [0.15, 0.2) is 0 Å². The van der Waals surface area contributed by atoms with Gasteiger partial charge in [0.25, 0.3) is 0 Å². The van der Waals surface area contributed by atoms with Gasteiger partial charge in [-0.25, -0.2) is 4.57 Å². The van der Waals surface area contributed by atoms with Crippen molar-refractivity contribution >= 4 is 25.4 Å². The van der Waals surface area contributed by atoms with Gasteiger partial charge in [-0.3, -0.25) is 18.6 Å². The molecule has 0 bridgehead atoms. The number of rotatable bonds is 19. The van der Waals surface area contributed by atoms with Crippen LogP contribution >= 0.6 is 7.82 Å². The Kier molecular flexibility index (Phi) is 15.6. The molecule has 0 aromatic rings. The van der Waals surface area contributed by atoms with E-state index in [1.807, 2.05) is 34.6 Å². The van der Waals surface area contributed by atoms with Crippen LogP contribution in [0.5, 0.6) is 0 Å². The molecule has 0 aromatic carbocycles. The van der Waals surface area contributed by atoms with Crippen LogP contribution in [0, 0.1) is 17.8 Å². The lowest BCUT2D eigenvalue weighted by Gasteiger charge is -2.29. The van der Waals surface area contributed by atoms with Crippen LogP contribution in [-0.2, 0) is 37.5 Å². The van der Waals surface area contributed by atoms with Crippen molar-refractivity contribution in [3.63, 3.8) is 0 Å². The predicted molar refractivity (Wildman–Crippen MR) is 159 cm³/mol. The molecule has 0 spiro atoms. The molecule has 244 valence electrons. The first kappa shape index (κ1) is 36.8. The lowest BCUT2D eigenvalue weighted by Crippen LogP contribution is -2.44. The van der Waals surface area contributed by atoms with E-state index in [2.05, 4.69) is 5.32 Å². The SMILES string of the molecule is CCNCC(C)C(C)C(=O)N1CC(OP(=O)(O)OC[C@@H]2C[C@@H](OC)CN2C(=O)CCC(C)CC(C)=O)C[C@H]1COCC. The predicted octanol–water partition coefficient (Wildman–Crippen LogP) is 3.02. The van der Waals surface area contributed by atoms with E-state index in [4.69, 9.17) is 18.5 Å². The maximum Gasteiger partial charge on any atom is 0.472 e. The molecule has 2 rings (SSSR count). The molecular weight excluding hydrogens is 565 g/mol. The molecule has 2 aliphatic rings. The number of ether oxygens (including phenoxy) is 2. The van der Waals surface area contributed by atoms with E-state index in [1.165, 1.54) is 6.92 Å². The molecule has 8 atom stereocenters. The van der Waals surface area contributed by atoms with Crippen molar-refractivity contribution in [3.8, 4) is 0 Å². The second kappa shape index (κ2) is 17.8. The zero-order chi connectivity index (χ0) is 31.4. The van der Waals surface area contributed by atoms with Crippen molar-refractivity contribution in [2.24, 2.45) is 17.8 Å². The number of likely N-dealkylation sites (tertiary alicyclic amines) is 2. The van der Waals surface area contributed by atoms with E-state index in [9.17, 15) is 23.8 Å². The molecule has 13 heteroatoms. The number of carbonyl (C=O) groups excluding carboxylic acids is 3. The van der Waals surface area contributed by atoms with E-state index < -0.39 is 20.0 Å². The number of hydrogen-bond acceptors (Lipinski definition) is 9. The summed E-state index contributed by atoms with van der Waals surface area (Å²) in [6.07, 6.45) is 1.20. The Balaban J connectivity index is 1.99. The third kappa shape index (κ3) is 11.6. The molecule has 12 nitrogen and oxygen atoms in total. The molecule has 0 saturated carbocycles. The lowest BCUT2D eigenvalue weighted by atomic mass is 9.94. The maximum absolute atomic E-state index is 13.4. The van der Waals surface area contributed by atoms with Gasteiger partial charge in [0.1, 0.15) is 5.78 Å². The third-order valence-corrected chi connectivity index (χ3v) is 9.40. The van der Waals surface area contributed by atoms with E-state index in [0.29, 0.717) is 45.4 Å². The van der Waals surface area contributed by atoms with Crippen molar-refractivity contribution in [2.45, 2.75) is 97.9 Å². The highest BCUT2D eigenvalue weighted by molar-refractivity contribution is 7.47. The van der Waals surface area contributed by atoms with Gasteiger partial charge in [0.2, 0.25) is 11.8 Å². The fourth-order valence-electron chi connectivity index (χ4n) is 5.70. The molecule has 5 unspecified atom stereocenters. The summed E-state index contributed by atoms with van der Waals surface area (Å²) in [5, 5.41) is 3.28. The van der Waals surface area contributed by atoms with Gasteiger partial charge in [-0.15, -0.1) is 0 Å². The van der Waals surface area contributed by atoms with Crippen LogP contribution in [-0.4, -0.2) is 110 Å². The number of ketones is 1. The summed E-state index contributed by atoms with van der Waals surface area (Å²) in [4.78, 5) is 51.8. The fraction of sp³-hybridized carbons (Fsp3) is 0.897. The molecule has 2 N–H and O–H groups in total. The largest absolute Gasteiger partial charge is 0.472 e. The van der Waals surface area contributed by atoms with Crippen molar-refractivity contribution in [3.05, 3.63) is 0 Å². The molecule has 2 fully saturated rings. The average molecular weight is 620 g/mol. The Morgan fingerprint density at radius 3 is 2.29 bits per heavy atom. The molecule has 2 heterocycles. The summed E-state index contributed by atoms with van der Waals surface area (Å²) >= 11 is 0. The topological polar surface area (TPSA) is 144 Å². The first-order chi connectivity index (χ1) is 19.8. The smallest absolute Gasteiger partial charge is 0.380 e. The number of Topliss-reactive ketones (excluding diaryl/α,β-unsaturated/α-hetero) is 1. The van der Waals surface area contributed by atoms with Crippen molar-refractivity contribution in [1.29, 1.82) is 0 Å². The standard InChI is InChI=1S/C29H54N3O9P/c1-8-30-15-21(4)23(6)29(35)32-17-27(14-24(32)18-39-9-2)41-42(36,37)40-19-25-13-26(38-7)16-31(25)28(34)11-10-20(3)12-22(5)33/h20-21,23-27,30H,8-19H2,1-7H3,(H,36,37)/t20?,21?,23?,24-,25-,26+,27?/m0/s1. The molecule has 0 radical (unpaired) electrons. The minimum atomic E-state index is -4.50. The van der Waals surface area contributed by atoms with Crippen LogP contribution in [0.25, 0.3) is 0 Å². The van der Waals surface area contributed by atoms with E-state index in [0.717, 1.165) is 13.1 Å².